The van der Waals surface area contributed by atoms with Crippen molar-refractivity contribution >= 4 is 28.4 Å². The van der Waals surface area contributed by atoms with E-state index in [1.807, 2.05) is 18.4 Å². The highest BCUT2D eigenvalue weighted by Gasteiger charge is 2.07. The van der Waals surface area contributed by atoms with Gasteiger partial charge in [0, 0.05) is 29.3 Å². The summed E-state index contributed by atoms with van der Waals surface area (Å²) in [6.07, 6.45) is 5.31. The Morgan fingerprint density at radius 2 is 2.15 bits per heavy atom. The largest absolute Gasteiger partial charge is 0.269 e. The summed E-state index contributed by atoms with van der Waals surface area (Å²) in [6, 6.07) is 6.29. The number of nitrogens with zero attached hydrogens (tertiary/aromatic N) is 3. The van der Waals surface area contributed by atoms with Crippen LogP contribution in [0.3, 0.4) is 0 Å². The molecule has 0 atom stereocenters. The lowest BCUT2D eigenvalue weighted by Crippen LogP contribution is -1.88. The molecule has 0 radical (unpaired) electrons. The second-order valence-electron chi connectivity index (χ2n) is 3.76. The quantitative estimate of drug-likeness (QED) is 0.517. The minimum atomic E-state index is -0.423. The summed E-state index contributed by atoms with van der Waals surface area (Å²) in [5, 5.41) is 17.1. The second-order valence-corrected chi connectivity index (χ2v) is 4.62. The molecule has 20 heavy (non-hydrogen) atoms. The molecule has 0 saturated carbocycles. The smallest absolute Gasteiger partial charge is 0.258 e. The number of nitrogens with one attached hydrogen (secondary N) is 1. The zero-order valence-electron chi connectivity index (χ0n) is 10.7. The van der Waals surface area contributed by atoms with Gasteiger partial charge in [-0.25, -0.2) is 4.98 Å². The van der Waals surface area contributed by atoms with Crippen LogP contribution in [0, 0.1) is 10.1 Å². The number of hydrazone groups is 1. The molecule has 0 spiro atoms. The fourth-order valence-corrected chi connectivity index (χ4v) is 2.10. The molecule has 102 valence electrons. The fourth-order valence-electron chi connectivity index (χ4n) is 1.43. The Bertz CT molecular complexity index is 647. The zero-order valence-corrected chi connectivity index (χ0v) is 11.5. The Hall–Kier alpha value is -2.54. The lowest BCUT2D eigenvalue weighted by atomic mass is 10.1. The van der Waals surface area contributed by atoms with E-state index in [1.165, 1.54) is 23.5 Å². The molecule has 0 saturated heterocycles. The number of hydrogen-bond acceptors (Lipinski definition) is 6. The monoisotopic (exact) mass is 288 g/mol. The van der Waals surface area contributed by atoms with Gasteiger partial charge in [-0.15, -0.1) is 11.3 Å². The highest BCUT2D eigenvalue weighted by atomic mass is 32.1. The van der Waals surface area contributed by atoms with Gasteiger partial charge in [0.25, 0.3) is 5.69 Å². The normalized spacial score (nSPS) is 11.2. The molecular weight excluding hydrogens is 276 g/mol. The first-order valence-electron chi connectivity index (χ1n) is 5.81. The molecule has 1 aromatic heterocycles. The number of allylic oxidation sites excluding steroid dienone is 2. The van der Waals surface area contributed by atoms with Gasteiger partial charge in [-0.1, -0.05) is 6.08 Å². The van der Waals surface area contributed by atoms with Crippen LogP contribution < -0.4 is 5.43 Å². The topological polar surface area (TPSA) is 80.4 Å². The maximum atomic E-state index is 10.6. The third-order valence-corrected chi connectivity index (χ3v) is 3.14. The lowest BCUT2D eigenvalue weighted by Gasteiger charge is -1.96. The predicted octanol–water partition coefficient (Wildman–Crippen LogP) is 3.69. The van der Waals surface area contributed by atoms with Gasteiger partial charge >= 0.3 is 0 Å². The minimum absolute atomic E-state index is 0.0679. The van der Waals surface area contributed by atoms with E-state index in [4.69, 9.17) is 0 Å². The van der Waals surface area contributed by atoms with Crippen LogP contribution >= 0.6 is 11.3 Å². The molecular formula is C13H12N4O2S. The molecule has 0 unspecified atom stereocenters. The summed E-state index contributed by atoms with van der Waals surface area (Å²) < 4.78 is 0. The van der Waals surface area contributed by atoms with Crippen LogP contribution in [0.1, 0.15) is 6.92 Å². The molecule has 0 aliphatic rings. The first-order valence-corrected chi connectivity index (χ1v) is 6.69. The maximum Gasteiger partial charge on any atom is 0.269 e. The molecule has 2 rings (SSSR count). The third kappa shape index (κ3) is 3.48. The number of thiazole rings is 1. The van der Waals surface area contributed by atoms with Crippen LogP contribution in [0.15, 0.2) is 46.9 Å². The summed E-state index contributed by atoms with van der Waals surface area (Å²) >= 11 is 1.42. The average molecular weight is 288 g/mol. The van der Waals surface area contributed by atoms with Crippen molar-refractivity contribution in [2.45, 2.75) is 6.92 Å². The van der Waals surface area contributed by atoms with E-state index >= 15 is 0 Å². The Labute approximate surface area is 119 Å². The van der Waals surface area contributed by atoms with Gasteiger partial charge in [-0.05, 0) is 25.1 Å². The van der Waals surface area contributed by atoms with Crippen molar-refractivity contribution in [2.24, 2.45) is 5.10 Å². The number of rotatable bonds is 5. The molecule has 1 N–H and O–H groups in total. The van der Waals surface area contributed by atoms with E-state index in [0.717, 1.165) is 11.3 Å². The number of hydrogen-bond donors (Lipinski definition) is 1. The number of nitro groups is 1. The van der Waals surface area contributed by atoms with E-state index in [0.29, 0.717) is 5.13 Å². The zero-order chi connectivity index (χ0) is 14.4. The number of nitro benzene ring substituents is 1. The van der Waals surface area contributed by atoms with Crippen molar-refractivity contribution in [2.75, 3.05) is 5.43 Å². The van der Waals surface area contributed by atoms with E-state index in [9.17, 15) is 10.1 Å². The molecule has 0 aliphatic carbocycles. The molecule has 0 fully saturated rings. The summed E-state index contributed by atoms with van der Waals surface area (Å²) in [5.74, 6) is 0. The van der Waals surface area contributed by atoms with Crippen molar-refractivity contribution in [3.63, 3.8) is 0 Å². The summed E-state index contributed by atoms with van der Waals surface area (Å²) in [4.78, 5) is 14.5. The van der Waals surface area contributed by atoms with E-state index in [1.54, 1.807) is 24.4 Å². The predicted molar refractivity (Wildman–Crippen MR) is 81.1 cm³/mol. The van der Waals surface area contributed by atoms with Crippen molar-refractivity contribution in [1.29, 1.82) is 0 Å². The molecule has 6 nitrogen and oxygen atoms in total. The van der Waals surface area contributed by atoms with Gasteiger partial charge in [0.15, 0.2) is 0 Å². The van der Waals surface area contributed by atoms with Crippen LogP contribution in [-0.4, -0.2) is 16.1 Å². The van der Waals surface area contributed by atoms with Gasteiger partial charge in [0.2, 0.25) is 5.13 Å². The number of aromatic nitrogens is 1. The van der Waals surface area contributed by atoms with Crippen LogP contribution in [-0.2, 0) is 0 Å². The minimum Gasteiger partial charge on any atom is -0.258 e. The molecule has 0 bridgehead atoms. The van der Waals surface area contributed by atoms with Crippen molar-refractivity contribution in [3.8, 4) is 11.3 Å². The molecule has 0 aliphatic heterocycles. The Kier molecular flexibility index (Phi) is 4.56. The molecule has 1 heterocycles. The van der Waals surface area contributed by atoms with E-state index in [2.05, 4.69) is 15.5 Å². The third-order valence-electron chi connectivity index (χ3n) is 2.39. The first-order chi connectivity index (χ1) is 9.70. The van der Waals surface area contributed by atoms with Crippen molar-refractivity contribution in [3.05, 3.63) is 51.9 Å². The molecule has 0 amide bonds. The summed E-state index contributed by atoms with van der Waals surface area (Å²) in [6.45, 7) is 1.90. The maximum absolute atomic E-state index is 10.6. The Morgan fingerprint density at radius 1 is 1.40 bits per heavy atom. The van der Waals surface area contributed by atoms with Crippen LogP contribution in [0.25, 0.3) is 11.3 Å². The average Bonchev–Trinajstić information content (AvgIpc) is 2.92. The highest BCUT2D eigenvalue weighted by Crippen LogP contribution is 2.26. The lowest BCUT2D eigenvalue weighted by molar-refractivity contribution is -0.384. The standard InChI is InChI=1S/C13H12N4O2S/c1-2-3-8-14-16-13-15-12(9-20-13)10-4-6-11(7-5-10)17(18)19/h2-9H,1H3,(H,15,16)/b3-2+,14-8?. The van der Waals surface area contributed by atoms with Crippen LogP contribution in [0.2, 0.25) is 0 Å². The van der Waals surface area contributed by atoms with Gasteiger partial charge in [-0.2, -0.15) is 5.10 Å². The van der Waals surface area contributed by atoms with Gasteiger partial charge in [0.1, 0.15) is 0 Å². The Morgan fingerprint density at radius 3 is 2.80 bits per heavy atom. The van der Waals surface area contributed by atoms with Gasteiger partial charge in [0.05, 0.1) is 10.6 Å². The summed E-state index contributed by atoms with van der Waals surface area (Å²) in [5.41, 5.74) is 4.47. The molecule has 2 aromatic rings. The number of anilines is 1. The van der Waals surface area contributed by atoms with Crippen LogP contribution in [0.4, 0.5) is 10.8 Å². The SMILES string of the molecule is C/C=C/C=NNc1nc(-c2ccc([N+](=O)[O-])cc2)cs1. The van der Waals surface area contributed by atoms with Crippen molar-refractivity contribution in [1.82, 2.24) is 4.98 Å². The molecule has 1 aromatic carbocycles. The second kappa shape index (κ2) is 6.58. The highest BCUT2D eigenvalue weighted by molar-refractivity contribution is 7.14. The van der Waals surface area contributed by atoms with E-state index in [-0.39, 0.29) is 5.69 Å². The van der Waals surface area contributed by atoms with Gasteiger partial charge in [-0.3, -0.25) is 15.5 Å². The first kappa shape index (κ1) is 13.9. The fraction of sp³-hybridized carbons (Fsp3) is 0.0769. The van der Waals surface area contributed by atoms with E-state index < -0.39 is 4.92 Å². The molecule has 7 heteroatoms. The Balaban J connectivity index is 2.10. The van der Waals surface area contributed by atoms with Crippen LogP contribution in [0.5, 0.6) is 0 Å². The number of benzene rings is 1. The number of non-ortho nitro benzene ring substituents is 1. The summed E-state index contributed by atoms with van der Waals surface area (Å²) in [7, 11) is 0. The van der Waals surface area contributed by atoms with Crippen molar-refractivity contribution < 1.29 is 4.92 Å². The van der Waals surface area contributed by atoms with Gasteiger partial charge < -0.3 is 0 Å².